The van der Waals surface area contributed by atoms with E-state index in [1.165, 1.54) is 32.1 Å². The molecule has 2 aromatic rings. The first-order chi connectivity index (χ1) is 13.6. The minimum atomic E-state index is -0.803. The van der Waals surface area contributed by atoms with Crippen LogP contribution in [0, 0.1) is 23.5 Å². The number of unbranched alkanes of at least 4 members (excludes halogenated alkanes) is 1. The third kappa shape index (κ3) is 5.15. The summed E-state index contributed by atoms with van der Waals surface area (Å²) in [7, 11) is 0. The summed E-state index contributed by atoms with van der Waals surface area (Å²) in [5.41, 5.74) is 1.95. The van der Waals surface area contributed by atoms with E-state index in [-0.39, 0.29) is 5.56 Å². The first-order valence-electron chi connectivity index (χ1n) is 10.9. The van der Waals surface area contributed by atoms with Crippen LogP contribution in [0.15, 0.2) is 24.3 Å². The summed E-state index contributed by atoms with van der Waals surface area (Å²) >= 11 is 0. The lowest BCUT2D eigenvalue weighted by atomic mass is 9.78. The van der Waals surface area contributed by atoms with Crippen molar-refractivity contribution in [3.63, 3.8) is 0 Å². The standard InChI is InChI=1S/C24H32F2N2/c1-3-5-6-20-14-16-22(28-27-20)21-15-13-19(23(25)24(21)26)12-11-18-9-7-17(4-2)8-10-18/h13-18H,3-12H2,1-2H3/t17-,18-. The average molecular weight is 387 g/mol. The molecule has 0 N–H and O–H groups in total. The van der Waals surface area contributed by atoms with Crippen molar-refractivity contribution in [3.8, 4) is 11.3 Å². The molecule has 1 fully saturated rings. The van der Waals surface area contributed by atoms with Gasteiger partial charge in [-0.1, -0.05) is 58.4 Å². The lowest BCUT2D eigenvalue weighted by molar-refractivity contribution is 0.258. The third-order valence-electron chi connectivity index (χ3n) is 6.31. The minimum absolute atomic E-state index is 0.194. The normalized spacial score (nSPS) is 19.7. The fourth-order valence-corrected chi connectivity index (χ4v) is 4.26. The van der Waals surface area contributed by atoms with Gasteiger partial charge in [-0.15, -0.1) is 0 Å². The molecule has 0 saturated heterocycles. The Kier molecular flexibility index (Phi) is 7.52. The van der Waals surface area contributed by atoms with Gasteiger partial charge < -0.3 is 0 Å². The monoisotopic (exact) mass is 386 g/mol. The molecule has 1 heterocycles. The Balaban J connectivity index is 1.64. The van der Waals surface area contributed by atoms with E-state index in [1.54, 1.807) is 18.2 Å². The molecule has 0 atom stereocenters. The molecule has 1 aliphatic carbocycles. The molecule has 1 saturated carbocycles. The Morgan fingerprint density at radius 3 is 2.25 bits per heavy atom. The summed E-state index contributed by atoms with van der Waals surface area (Å²) in [6, 6.07) is 6.97. The Labute approximate surface area is 167 Å². The van der Waals surface area contributed by atoms with Gasteiger partial charge in [0.05, 0.1) is 11.4 Å². The van der Waals surface area contributed by atoms with E-state index in [0.717, 1.165) is 37.3 Å². The molecule has 28 heavy (non-hydrogen) atoms. The molecule has 3 rings (SSSR count). The van der Waals surface area contributed by atoms with Gasteiger partial charge in [0.2, 0.25) is 0 Å². The zero-order valence-electron chi connectivity index (χ0n) is 17.2. The van der Waals surface area contributed by atoms with Gasteiger partial charge in [-0.3, -0.25) is 0 Å². The summed E-state index contributed by atoms with van der Waals surface area (Å²) in [4.78, 5) is 0. The zero-order chi connectivity index (χ0) is 19.9. The van der Waals surface area contributed by atoms with Crippen molar-refractivity contribution in [2.24, 2.45) is 11.8 Å². The Morgan fingerprint density at radius 1 is 0.857 bits per heavy atom. The van der Waals surface area contributed by atoms with Crippen LogP contribution in [0.5, 0.6) is 0 Å². The number of aryl methyl sites for hydroxylation is 2. The fraction of sp³-hybridized carbons (Fsp3) is 0.583. The van der Waals surface area contributed by atoms with Gasteiger partial charge in [0.25, 0.3) is 0 Å². The van der Waals surface area contributed by atoms with Crippen molar-refractivity contribution in [1.82, 2.24) is 10.2 Å². The number of hydrogen-bond acceptors (Lipinski definition) is 2. The number of hydrogen-bond donors (Lipinski definition) is 0. The van der Waals surface area contributed by atoms with Crippen molar-refractivity contribution < 1.29 is 8.78 Å². The summed E-state index contributed by atoms with van der Waals surface area (Å²) in [5.74, 6) is -0.0231. The van der Waals surface area contributed by atoms with Crippen molar-refractivity contribution in [1.29, 1.82) is 0 Å². The molecule has 0 bridgehead atoms. The lowest BCUT2D eigenvalue weighted by Crippen LogP contribution is -2.14. The SMILES string of the molecule is CCCCc1ccc(-c2ccc(CC[C@H]3CC[C@H](CC)CC3)c(F)c2F)nn1. The van der Waals surface area contributed by atoms with Crippen LogP contribution >= 0.6 is 0 Å². The van der Waals surface area contributed by atoms with Crippen LogP contribution in [-0.2, 0) is 12.8 Å². The first-order valence-corrected chi connectivity index (χ1v) is 10.9. The van der Waals surface area contributed by atoms with Gasteiger partial charge in [-0.05, 0) is 61.3 Å². The van der Waals surface area contributed by atoms with Crippen LogP contribution < -0.4 is 0 Å². The molecular formula is C24H32F2N2. The molecule has 0 radical (unpaired) electrons. The van der Waals surface area contributed by atoms with Gasteiger partial charge in [0, 0.05) is 5.56 Å². The zero-order valence-corrected chi connectivity index (χ0v) is 17.2. The first kappa shape index (κ1) is 20.9. The van der Waals surface area contributed by atoms with Gasteiger partial charge in [-0.2, -0.15) is 10.2 Å². The van der Waals surface area contributed by atoms with Crippen LogP contribution in [0.4, 0.5) is 8.78 Å². The maximum absolute atomic E-state index is 14.7. The number of nitrogens with zero attached hydrogens (tertiary/aromatic N) is 2. The van der Waals surface area contributed by atoms with Crippen molar-refractivity contribution in [2.45, 2.75) is 78.1 Å². The molecule has 1 aromatic carbocycles. The number of aromatic nitrogens is 2. The van der Waals surface area contributed by atoms with Crippen molar-refractivity contribution >= 4 is 0 Å². The summed E-state index contributed by atoms with van der Waals surface area (Å²) < 4.78 is 29.3. The van der Waals surface area contributed by atoms with Crippen LogP contribution in [0.2, 0.25) is 0 Å². The van der Waals surface area contributed by atoms with Crippen LogP contribution in [-0.4, -0.2) is 10.2 Å². The molecule has 0 unspecified atom stereocenters. The molecule has 2 nitrogen and oxygen atoms in total. The van der Waals surface area contributed by atoms with Gasteiger partial charge in [0.15, 0.2) is 11.6 Å². The second-order valence-corrected chi connectivity index (χ2v) is 8.25. The van der Waals surface area contributed by atoms with Crippen LogP contribution in [0.25, 0.3) is 11.3 Å². The second-order valence-electron chi connectivity index (χ2n) is 8.25. The maximum atomic E-state index is 14.7. The quantitative estimate of drug-likeness (QED) is 0.492. The smallest absolute Gasteiger partial charge is 0.168 e. The van der Waals surface area contributed by atoms with E-state index in [9.17, 15) is 8.78 Å². The third-order valence-corrected chi connectivity index (χ3v) is 6.31. The molecule has 152 valence electrons. The summed E-state index contributed by atoms with van der Waals surface area (Å²) in [6.07, 6.45) is 10.8. The van der Waals surface area contributed by atoms with Crippen LogP contribution in [0.1, 0.15) is 76.5 Å². The highest BCUT2D eigenvalue weighted by molar-refractivity contribution is 5.60. The van der Waals surface area contributed by atoms with E-state index in [2.05, 4.69) is 24.0 Å². The molecule has 0 aliphatic heterocycles. The molecule has 1 aliphatic rings. The molecule has 0 amide bonds. The van der Waals surface area contributed by atoms with Gasteiger partial charge >= 0.3 is 0 Å². The highest BCUT2D eigenvalue weighted by Gasteiger charge is 2.21. The number of halogens is 2. The maximum Gasteiger partial charge on any atom is 0.168 e. The number of rotatable bonds is 8. The highest BCUT2D eigenvalue weighted by Crippen LogP contribution is 2.34. The van der Waals surface area contributed by atoms with Gasteiger partial charge in [-0.25, -0.2) is 8.78 Å². The number of benzene rings is 1. The lowest BCUT2D eigenvalue weighted by Gasteiger charge is -2.27. The van der Waals surface area contributed by atoms with E-state index in [4.69, 9.17) is 0 Å². The molecule has 0 spiro atoms. The minimum Gasteiger partial charge on any atom is -0.203 e. The predicted molar refractivity (Wildman–Crippen MR) is 110 cm³/mol. The predicted octanol–water partition coefficient (Wildman–Crippen LogP) is 6.91. The topological polar surface area (TPSA) is 25.8 Å². The van der Waals surface area contributed by atoms with E-state index in [1.807, 2.05) is 6.07 Å². The fourth-order valence-electron chi connectivity index (χ4n) is 4.26. The van der Waals surface area contributed by atoms with Gasteiger partial charge in [0.1, 0.15) is 0 Å². The summed E-state index contributed by atoms with van der Waals surface area (Å²) in [6.45, 7) is 4.38. The second kappa shape index (κ2) is 10.1. The molecule has 4 heteroatoms. The van der Waals surface area contributed by atoms with E-state index < -0.39 is 11.6 Å². The Bertz CT molecular complexity index is 750. The van der Waals surface area contributed by atoms with Crippen molar-refractivity contribution in [3.05, 3.63) is 47.2 Å². The largest absolute Gasteiger partial charge is 0.203 e. The Morgan fingerprint density at radius 2 is 1.61 bits per heavy atom. The van der Waals surface area contributed by atoms with E-state index >= 15 is 0 Å². The van der Waals surface area contributed by atoms with Crippen molar-refractivity contribution in [2.75, 3.05) is 0 Å². The molecule has 1 aromatic heterocycles. The van der Waals surface area contributed by atoms with E-state index in [0.29, 0.717) is 23.6 Å². The highest BCUT2D eigenvalue weighted by atomic mass is 19.2. The Hall–Kier alpha value is -1.84. The molecular weight excluding hydrogens is 354 g/mol. The summed E-state index contributed by atoms with van der Waals surface area (Å²) in [5, 5.41) is 8.27. The average Bonchev–Trinajstić information content (AvgIpc) is 2.74. The van der Waals surface area contributed by atoms with Crippen LogP contribution in [0.3, 0.4) is 0 Å².